The molecule has 0 aliphatic carbocycles. The van der Waals surface area contributed by atoms with Gasteiger partial charge in [0.25, 0.3) is 5.91 Å². The summed E-state index contributed by atoms with van der Waals surface area (Å²) in [6.45, 7) is 2.10. The molecule has 4 nitrogen and oxygen atoms in total. The zero-order valence-corrected chi connectivity index (χ0v) is 9.97. The molecule has 1 saturated heterocycles. The topological polar surface area (TPSA) is 55.4 Å². The van der Waals surface area contributed by atoms with Gasteiger partial charge < -0.3 is 4.74 Å². The fraction of sp³-hybridized carbons (Fsp3) is 0.143. The first-order valence-corrected chi connectivity index (χ1v) is 5.69. The number of hydrogen-bond donors (Lipinski definition) is 1. The van der Waals surface area contributed by atoms with E-state index in [1.54, 1.807) is 6.08 Å². The summed E-state index contributed by atoms with van der Waals surface area (Å²) >= 11 is 0. The van der Waals surface area contributed by atoms with E-state index in [9.17, 15) is 9.59 Å². The van der Waals surface area contributed by atoms with Crippen molar-refractivity contribution in [1.29, 1.82) is 0 Å². The van der Waals surface area contributed by atoms with E-state index in [-0.39, 0.29) is 5.76 Å². The average molecular weight is 243 g/mol. The summed E-state index contributed by atoms with van der Waals surface area (Å²) in [6, 6.07) is 8.09. The Morgan fingerprint density at radius 2 is 1.94 bits per heavy atom. The molecule has 1 aliphatic heterocycles. The van der Waals surface area contributed by atoms with Crippen LogP contribution in [0.5, 0.6) is 0 Å². The van der Waals surface area contributed by atoms with Crippen LogP contribution < -0.4 is 5.32 Å². The Hall–Kier alpha value is -2.36. The Bertz CT molecular complexity index is 526. The number of nitrogens with one attached hydrogen (secondary N) is 1. The lowest BCUT2D eigenvalue weighted by Crippen LogP contribution is -2.18. The molecule has 0 radical (unpaired) electrons. The predicted octanol–water partition coefficient (Wildman–Crippen LogP) is 2.41. The average Bonchev–Trinajstić information content (AvgIpc) is 2.69. The molecule has 1 aliphatic rings. The molecule has 1 heterocycles. The van der Waals surface area contributed by atoms with Crippen LogP contribution in [0.2, 0.25) is 0 Å². The number of hydrogen-bond acceptors (Lipinski definition) is 3. The smallest absolute Gasteiger partial charge is 0.404 e. The number of imide groups is 1. The van der Waals surface area contributed by atoms with E-state index in [0.29, 0.717) is 0 Å². The van der Waals surface area contributed by atoms with Crippen LogP contribution in [-0.2, 0) is 16.0 Å². The number of aryl methyl sites for hydroxylation is 1. The van der Waals surface area contributed by atoms with Crippen LogP contribution in [0.25, 0.3) is 6.08 Å². The van der Waals surface area contributed by atoms with Crippen LogP contribution in [0.15, 0.2) is 42.2 Å². The van der Waals surface area contributed by atoms with E-state index in [1.165, 1.54) is 11.6 Å². The molecule has 0 saturated carbocycles. The maximum absolute atomic E-state index is 11.2. The molecule has 0 bridgehead atoms. The summed E-state index contributed by atoms with van der Waals surface area (Å²) in [7, 11) is 0. The molecule has 1 N–H and O–H groups in total. The summed E-state index contributed by atoms with van der Waals surface area (Å²) in [5.41, 5.74) is 2.29. The highest BCUT2D eigenvalue weighted by Crippen LogP contribution is 2.09. The number of amides is 2. The molecule has 0 unspecified atom stereocenters. The van der Waals surface area contributed by atoms with Crippen molar-refractivity contribution in [2.24, 2.45) is 0 Å². The van der Waals surface area contributed by atoms with Crippen molar-refractivity contribution in [3.05, 3.63) is 53.3 Å². The zero-order valence-electron chi connectivity index (χ0n) is 9.97. The van der Waals surface area contributed by atoms with Crippen LogP contribution in [0.3, 0.4) is 0 Å². The number of carbonyl (C=O) groups is 2. The molecule has 2 amide bonds. The van der Waals surface area contributed by atoms with Gasteiger partial charge >= 0.3 is 6.09 Å². The van der Waals surface area contributed by atoms with Crippen molar-refractivity contribution in [3.8, 4) is 0 Å². The highest BCUT2D eigenvalue weighted by molar-refractivity contribution is 6.07. The molecule has 0 aromatic heterocycles. The Kier molecular flexibility index (Phi) is 3.57. The summed E-state index contributed by atoms with van der Waals surface area (Å²) < 4.78 is 4.66. The lowest BCUT2D eigenvalue weighted by Gasteiger charge is -1.96. The second-order valence-corrected chi connectivity index (χ2v) is 3.83. The number of cyclic esters (lactones) is 1. The van der Waals surface area contributed by atoms with Crippen molar-refractivity contribution in [2.75, 3.05) is 0 Å². The normalized spacial score (nSPS) is 17.3. The summed E-state index contributed by atoms with van der Waals surface area (Å²) in [4.78, 5) is 21.9. The van der Waals surface area contributed by atoms with Crippen molar-refractivity contribution in [3.63, 3.8) is 0 Å². The SMILES string of the molecule is CCc1ccc(C=CC=C2OC(=O)NC2=O)cc1. The molecule has 0 atom stereocenters. The quantitative estimate of drug-likeness (QED) is 0.829. The Labute approximate surface area is 105 Å². The van der Waals surface area contributed by atoms with Crippen LogP contribution in [0, 0.1) is 0 Å². The molecule has 92 valence electrons. The van der Waals surface area contributed by atoms with Gasteiger partial charge in [0, 0.05) is 0 Å². The number of alkyl carbamates (subject to hydrolysis) is 1. The van der Waals surface area contributed by atoms with Gasteiger partial charge in [-0.1, -0.05) is 43.3 Å². The fourth-order valence-electron chi connectivity index (χ4n) is 1.55. The second-order valence-electron chi connectivity index (χ2n) is 3.83. The van der Waals surface area contributed by atoms with E-state index >= 15 is 0 Å². The third kappa shape index (κ3) is 2.85. The van der Waals surface area contributed by atoms with Gasteiger partial charge in [0.1, 0.15) is 0 Å². The van der Waals surface area contributed by atoms with E-state index in [1.807, 2.05) is 23.5 Å². The summed E-state index contributed by atoms with van der Waals surface area (Å²) in [5, 5.41) is 2.03. The maximum Gasteiger partial charge on any atom is 0.419 e. The van der Waals surface area contributed by atoms with Crippen LogP contribution in [0.1, 0.15) is 18.1 Å². The van der Waals surface area contributed by atoms with Crippen LogP contribution in [0.4, 0.5) is 4.79 Å². The first kappa shape index (κ1) is 12.1. The third-order valence-corrected chi connectivity index (χ3v) is 2.57. The molecule has 1 aromatic carbocycles. The van der Waals surface area contributed by atoms with Crippen molar-refractivity contribution in [1.82, 2.24) is 5.32 Å². The Morgan fingerprint density at radius 3 is 2.50 bits per heavy atom. The molecule has 4 heteroatoms. The monoisotopic (exact) mass is 243 g/mol. The maximum atomic E-state index is 11.2. The minimum absolute atomic E-state index is 0.0152. The van der Waals surface area contributed by atoms with Gasteiger partial charge in [-0.2, -0.15) is 0 Å². The minimum atomic E-state index is -0.730. The predicted molar refractivity (Wildman–Crippen MR) is 67.6 cm³/mol. The van der Waals surface area contributed by atoms with Crippen molar-refractivity contribution in [2.45, 2.75) is 13.3 Å². The first-order valence-electron chi connectivity index (χ1n) is 5.69. The standard InChI is InChI=1S/C14H13NO3/c1-2-10-6-8-11(9-7-10)4-3-5-12-13(16)15-14(17)18-12/h3-9H,2H2,1H3,(H,15,16,17). The second kappa shape index (κ2) is 5.31. The van der Waals surface area contributed by atoms with Gasteiger partial charge in [0.05, 0.1) is 0 Å². The highest BCUT2D eigenvalue weighted by Gasteiger charge is 2.25. The van der Waals surface area contributed by atoms with Crippen molar-refractivity contribution < 1.29 is 14.3 Å². The van der Waals surface area contributed by atoms with Gasteiger partial charge in [-0.3, -0.25) is 10.1 Å². The van der Waals surface area contributed by atoms with E-state index in [0.717, 1.165) is 12.0 Å². The molecule has 1 aromatic rings. The van der Waals surface area contributed by atoms with Crippen LogP contribution in [-0.4, -0.2) is 12.0 Å². The Balaban J connectivity index is 2.04. The van der Waals surface area contributed by atoms with Gasteiger partial charge in [0.2, 0.25) is 0 Å². The van der Waals surface area contributed by atoms with Crippen molar-refractivity contribution >= 4 is 18.1 Å². The number of ether oxygens (including phenoxy) is 1. The zero-order chi connectivity index (χ0) is 13.0. The fourth-order valence-corrected chi connectivity index (χ4v) is 1.55. The van der Waals surface area contributed by atoms with Gasteiger partial charge in [0.15, 0.2) is 5.76 Å². The minimum Gasteiger partial charge on any atom is -0.404 e. The number of benzene rings is 1. The number of carbonyl (C=O) groups excluding carboxylic acids is 2. The lowest BCUT2D eigenvalue weighted by molar-refractivity contribution is -0.116. The highest BCUT2D eigenvalue weighted by atomic mass is 16.6. The molecule has 2 rings (SSSR count). The number of allylic oxidation sites excluding steroid dienone is 2. The van der Waals surface area contributed by atoms with Crippen LogP contribution >= 0.6 is 0 Å². The van der Waals surface area contributed by atoms with E-state index < -0.39 is 12.0 Å². The van der Waals surface area contributed by atoms with Gasteiger partial charge in [-0.25, -0.2) is 4.79 Å². The first-order chi connectivity index (χ1) is 8.69. The molecule has 0 spiro atoms. The van der Waals surface area contributed by atoms with Gasteiger partial charge in [-0.15, -0.1) is 0 Å². The molecule has 18 heavy (non-hydrogen) atoms. The van der Waals surface area contributed by atoms with Gasteiger partial charge in [-0.05, 0) is 23.6 Å². The summed E-state index contributed by atoms with van der Waals surface area (Å²) in [5.74, 6) is -0.493. The molecular weight excluding hydrogens is 230 g/mol. The third-order valence-electron chi connectivity index (χ3n) is 2.57. The molecule has 1 fully saturated rings. The van der Waals surface area contributed by atoms with E-state index in [2.05, 4.69) is 23.8 Å². The molecular formula is C14H13NO3. The summed E-state index contributed by atoms with van der Waals surface area (Å²) in [6.07, 6.45) is 5.25. The van der Waals surface area contributed by atoms with E-state index in [4.69, 9.17) is 0 Å². The number of rotatable bonds is 3. The largest absolute Gasteiger partial charge is 0.419 e. The lowest BCUT2D eigenvalue weighted by atomic mass is 10.1. The Morgan fingerprint density at radius 1 is 1.22 bits per heavy atom.